The first kappa shape index (κ1) is 12.7. The van der Waals surface area contributed by atoms with Gasteiger partial charge in [-0.25, -0.2) is 4.98 Å². The molecule has 1 N–H and O–H groups in total. The summed E-state index contributed by atoms with van der Waals surface area (Å²) in [7, 11) is 0. The van der Waals surface area contributed by atoms with E-state index in [9.17, 15) is 0 Å². The summed E-state index contributed by atoms with van der Waals surface area (Å²) in [5.41, 5.74) is 1.04. The lowest BCUT2D eigenvalue weighted by Gasteiger charge is -2.07. The quantitative estimate of drug-likeness (QED) is 0.853. The van der Waals surface area contributed by atoms with E-state index in [0.717, 1.165) is 31.0 Å². The van der Waals surface area contributed by atoms with E-state index in [-0.39, 0.29) is 0 Å². The van der Waals surface area contributed by atoms with Crippen LogP contribution in [0.25, 0.3) is 0 Å². The Morgan fingerprint density at radius 1 is 1.39 bits per heavy atom. The van der Waals surface area contributed by atoms with Crippen LogP contribution in [0.2, 0.25) is 0 Å². The highest BCUT2D eigenvalue weighted by Gasteiger charge is 2.04. The van der Waals surface area contributed by atoms with E-state index >= 15 is 0 Å². The molecule has 98 valence electrons. The van der Waals surface area contributed by atoms with Crippen molar-refractivity contribution in [1.82, 2.24) is 19.3 Å². The molecule has 0 aromatic carbocycles. The van der Waals surface area contributed by atoms with E-state index < -0.39 is 0 Å². The Labute approximate surface area is 108 Å². The Morgan fingerprint density at radius 3 is 2.89 bits per heavy atom. The molecule has 2 rings (SSSR count). The molecule has 0 saturated heterocycles. The molecule has 18 heavy (non-hydrogen) atoms. The highest BCUT2D eigenvalue weighted by molar-refractivity contribution is 5.38. The van der Waals surface area contributed by atoms with Gasteiger partial charge in [0.15, 0.2) is 0 Å². The molecule has 0 fully saturated rings. The third kappa shape index (κ3) is 2.91. The third-order valence-corrected chi connectivity index (χ3v) is 2.85. The number of anilines is 1. The molecular weight excluding hydrogens is 226 g/mol. The van der Waals surface area contributed by atoms with E-state index in [0.29, 0.717) is 6.04 Å². The van der Waals surface area contributed by atoms with Crippen molar-refractivity contribution in [3.8, 4) is 0 Å². The Hall–Kier alpha value is -1.78. The maximum atomic E-state index is 4.37. The summed E-state index contributed by atoms with van der Waals surface area (Å²) in [4.78, 5) is 4.37. The predicted molar refractivity (Wildman–Crippen MR) is 72.5 cm³/mol. The number of imidazole rings is 1. The summed E-state index contributed by atoms with van der Waals surface area (Å²) in [6.45, 7) is 8.15. The van der Waals surface area contributed by atoms with Crippen LogP contribution in [0.3, 0.4) is 0 Å². The largest absolute Gasteiger partial charge is 0.375 e. The second kappa shape index (κ2) is 5.71. The second-order valence-corrected chi connectivity index (χ2v) is 4.69. The summed E-state index contributed by atoms with van der Waals surface area (Å²) in [6.07, 6.45) is 8.88. The maximum absolute atomic E-state index is 4.37. The Bertz CT molecular complexity index is 483. The van der Waals surface area contributed by atoms with Gasteiger partial charge in [-0.2, -0.15) is 5.10 Å². The van der Waals surface area contributed by atoms with E-state index in [1.54, 1.807) is 0 Å². The fourth-order valence-corrected chi connectivity index (χ4v) is 1.84. The van der Waals surface area contributed by atoms with E-state index in [4.69, 9.17) is 0 Å². The van der Waals surface area contributed by atoms with Crippen LogP contribution in [0.5, 0.6) is 0 Å². The number of aromatic nitrogens is 4. The molecule has 0 aliphatic rings. The van der Waals surface area contributed by atoms with E-state index in [1.807, 2.05) is 29.5 Å². The Balaban J connectivity index is 1.95. The lowest BCUT2D eigenvalue weighted by Crippen LogP contribution is -2.08. The second-order valence-electron chi connectivity index (χ2n) is 4.69. The van der Waals surface area contributed by atoms with Gasteiger partial charge in [-0.15, -0.1) is 0 Å². The molecule has 5 heteroatoms. The van der Waals surface area contributed by atoms with Crippen LogP contribution in [0.1, 0.15) is 39.1 Å². The number of hydrogen-bond donors (Lipinski definition) is 1. The summed E-state index contributed by atoms with van der Waals surface area (Å²) >= 11 is 0. The van der Waals surface area contributed by atoms with Gasteiger partial charge < -0.3 is 9.88 Å². The summed E-state index contributed by atoms with van der Waals surface area (Å²) in [5.74, 6) is 1.06. The van der Waals surface area contributed by atoms with Crippen LogP contribution in [0.15, 0.2) is 24.8 Å². The van der Waals surface area contributed by atoms with E-state index in [2.05, 4.69) is 40.7 Å². The van der Waals surface area contributed by atoms with Crippen molar-refractivity contribution in [2.75, 3.05) is 5.32 Å². The molecule has 0 radical (unpaired) electrons. The predicted octanol–water partition coefficient (Wildman–Crippen LogP) is 2.68. The highest BCUT2D eigenvalue weighted by Crippen LogP contribution is 2.11. The summed E-state index contributed by atoms with van der Waals surface area (Å²) in [6, 6.07) is 0.391. The zero-order valence-electron chi connectivity index (χ0n) is 11.3. The maximum Gasteiger partial charge on any atom is 0.128 e. The van der Waals surface area contributed by atoms with Gasteiger partial charge in [0, 0.05) is 31.2 Å². The van der Waals surface area contributed by atoms with Crippen LogP contribution in [-0.2, 0) is 13.1 Å². The van der Waals surface area contributed by atoms with Gasteiger partial charge in [0.2, 0.25) is 0 Å². The van der Waals surface area contributed by atoms with Gasteiger partial charge >= 0.3 is 0 Å². The molecule has 0 saturated carbocycles. The molecule has 2 heterocycles. The lowest BCUT2D eigenvalue weighted by molar-refractivity contribution is 0.532. The average molecular weight is 247 g/mol. The zero-order chi connectivity index (χ0) is 13.0. The topological polar surface area (TPSA) is 47.7 Å². The normalized spacial score (nSPS) is 11.1. The van der Waals surface area contributed by atoms with Gasteiger partial charge in [0.25, 0.3) is 0 Å². The minimum atomic E-state index is 0.391. The fraction of sp³-hybridized carbons (Fsp3) is 0.538. The van der Waals surface area contributed by atoms with Gasteiger partial charge in [-0.1, -0.05) is 6.92 Å². The molecule has 5 nitrogen and oxygen atoms in total. The highest BCUT2D eigenvalue weighted by atomic mass is 15.3. The smallest absolute Gasteiger partial charge is 0.128 e. The molecule has 0 amide bonds. The summed E-state index contributed by atoms with van der Waals surface area (Å²) < 4.78 is 4.13. The Morgan fingerprint density at radius 2 is 2.22 bits per heavy atom. The molecule has 0 bridgehead atoms. The number of aryl methyl sites for hydroxylation is 1. The van der Waals surface area contributed by atoms with Crippen molar-refractivity contribution in [1.29, 1.82) is 0 Å². The SMILES string of the molecule is CCCn1ccnc1CNc1cnn(C(C)C)c1. The van der Waals surface area contributed by atoms with Crippen molar-refractivity contribution in [2.24, 2.45) is 0 Å². The van der Waals surface area contributed by atoms with E-state index in [1.165, 1.54) is 0 Å². The molecule has 0 unspecified atom stereocenters. The van der Waals surface area contributed by atoms with Crippen LogP contribution < -0.4 is 5.32 Å². The number of hydrogen-bond acceptors (Lipinski definition) is 3. The van der Waals surface area contributed by atoms with Crippen LogP contribution in [0.4, 0.5) is 5.69 Å². The van der Waals surface area contributed by atoms with Crippen molar-refractivity contribution in [3.05, 3.63) is 30.6 Å². The Kier molecular flexibility index (Phi) is 4.02. The van der Waals surface area contributed by atoms with Crippen molar-refractivity contribution in [3.63, 3.8) is 0 Å². The lowest BCUT2D eigenvalue weighted by atomic mass is 10.4. The number of nitrogens with zero attached hydrogens (tertiary/aromatic N) is 4. The van der Waals surface area contributed by atoms with Gasteiger partial charge in [-0.05, 0) is 20.3 Å². The molecule has 0 aliphatic carbocycles. The molecule has 0 atom stereocenters. The van der Waals surface area contributed by atoms with Gasteiger partial charge in [0.05, 0.1) is 18.4 Å². The van der Waals surface area contributed by atoms with Crippen molar-refractivity contribution < 1.29 is 0 Å². The molecule has 2 aromatic rings. The molecule has 2 aromatic heterocycles. The van der Waals surface area contributed by atoms with Gasteiger partial charge in [-0.3, -0.25) is 4.68 Å². The van der Waals surface area contributed by atoms with Gasteiger partial charge in [0.1, 0.15) is 5.82 Å². The van der Waals surface area contributed by atoms with Crippen LogP contribution >= 0.6 is 0 Å². The average Bonchev–Trinajstić information content (AvgIpc) is 2.95. The standard InChI is InChI=1S/C13H21N5/c1-4-6-17-7-5-14-13(17)9-15-12-8-16-18(10-12)11(2)3/h5,7-8,10-11,15H,4,6,9H2,1-3H3. The third-order valence-electron chi connectivity index (χ3n) is 2.85. The molecule has 0 aliphatic heterocycles. The van der Waals surface area contributed by atoms with Crippen molar-refractivity contribution >= 4 is 5.69 Å². The number of rotatable bonds is 6. The number of nitrogens with one attached hydrogen (secondary N) is 1. The first-order chi connectivity index (χ1) is 8.70. The monoisotopic (exact) mass is 247 g/mol. The minimum Gasteiger partial charge on any atom is -0.375 e. The molecular formula is C13H21N5. The van der Waals surface area contributed by atoms with Crippen LogP contribution in [-0.4, -0.2) is 19.3 Å². The van der Waals surface area contributed by atoms with Crippen LogP contribution in [0, 0.1) is 0 Å². The summed E-state index contributed by atoms with van der Waals surface area (Å²) in [5, 5.41) is 7.66. The minimum absolute atomic E-state index is 0.391. The van der Waals surface area contributed by atoms with Crippen molar-refractivity contribution in [2.45, 2.75) is 46.3 Å². The molecule has 0 spiro atoms. The zero-order valence-corrected chi connectivity index (χ0v) is 11.3. The first-order valence-corrected chi connectivity index (χ1v) is 6.48. The fourth-order valence-electron chi connectivity index (χ4n) is 1.84. The first-order valence-electron chi connectivity index (χ1n) is 6.48.